The van der Waals surface area contributed by atoms with Crippen molar-refractivity contribution in [3.05, 3.63) is 23.7 Å². The third-order valence-electron chi connectivity index (χ3n) is 5.00. The minimum atomic E-state index is -4.57. The fraction of sp³-hybridized carbons (Fsp3) is 0.647. The van der Waals surface area contributed by atoms with Crippen molar-refractivity contribution >= 4 is 5.65 Å². The third kappa shape index (κ3) is 3.44. The first-order chi connectivity index (χ1) is 11.9. The number of hydrogen-bond donors (Lipinski definition) is 1. The number of nitrogens with zero attached hydrogens (tertiary/aromatic N) is 3. The van der Waals surface area contributed by atoms with Crippen LogP contribution in [0.2, 0.25) is 0 Å². The maximum Gasteiger partial charge on any atom is 0.423 e. The van der Waals surface area contributed by atoms with Gasteiger partial charge < -0.3 is 9.84 Å². The topological polar surface area (TPSA) is 59.7 Å². The summed E-state index contributed by atoms with van der Waals surface area (Å²) >= 11 is 0. The highest BCUT2D eigenvalue weighted by atomic mass is 19.4. The quantitative estimate of drug-likeness (QED) is 0.913. The Morgan fingerprint density at radius 1 is 1.12 bits per heavy atom. The molecule has 0 unspecified atom stereocenters. The minimum Gasteiger partial charge on any atom is -0.490 e. The zero-order valence-corrected chi connectivity index (χ0v) is 13.7. The van der Waals surface area contributed by atoms with Crippen LogP contribution in [-0.4, -0.2) is 31.9 Å². The Balaban J connectivity index is 1.68. The molecule has 2 aliphatic carbocycles. The molecule has 0 aliphatic heterocycles. The SMILES string of the molecule is OC1CCC(Oc2ccn3c(CC4CC4)nnc3c2C(F)(F)F)CC1. The number of rotatable bonds is 4. The average Bonchev–Trinajstić information content (AvgIpc) is 3.28. The van der Waals surface area contributed by atoms with Crippen LogP contribution in [0.3, 0.4) is 0 Å². The maximum absolute atomic E-state index is 13.7. The summed E-state index contributed by atoms with van der Waals surface area (Å²) in [5.74, 6) is 0.869. The van der Waals surface area contributed by atoms with Gasteiger partial charge in [-0.15, -0.1) is 10.2 Å². The van der Waals surface area contributed by atoms with Crippen molar-refractivity contribution in [3.8, 4) is 5.75 Å². The summed E-state index contributed by atoms with van der Waals surface area (Å²) in [4.78, 5) is 0. The molecule has 136 valence electrons. The Bertz CT molecular complexity index is 762. The van der Waals surface area contributed by atoms with Gasteiger partial charge in [0.1, 0.15) is 17.1 Å². The first-order valence-corrected chi connectivity index (χ1v) is 8.70. The minimum absolute atomic E-state index is 0.198. The van der Waals surface area contributed by atoms with Crippen LogP contribution in [0.15, 0.2) is 12.3 Å². The van der Waals surface area contributed by atoms with Gasteiger partial charge in [0.2, 0.25) is 0 Å². The van der Waals surface area contributed by atoms with Gasteiger partial charge in [0.25, 0.3) is 0 Å². The van der Waals surface area contributed by atoms with E-state index in [1.165, 1.54) is 10.5 Å². The van der Waals surface area contributed by atoms with Gasteiger partial charge >= 0.3 is 6.18 Å². The Labute approximate surface area is 142 Å². The molecule has 0 aromatic carbocycles. The van der Waals surface area contributed by atoms with Gasteiger partial charge in [-0.3, -0.25) is 4.40 Å². The van der Waals surface area contributed by atoms with E-state index in [0.717, 1.165) is 12.8 Å². The maximum atomic E-state index is 13.7. The van der Waals surface area contributed by atoms with Gasteiger partial charge in [0.15, 0.2) is 5.65 Å². The predicted molar refractivity (Wildman–Crippen MR) is 83.3 cm³/mol. The van der Waals surface area contributed by atoms with Crippen LogP contribution in [0.1, 0.15) is 49.9 Å². The van der Waals surface area contributed by atoms with Crippen molar-refractivity contribution < 1.29 is 23.0 Å². The lowest BCUT2D eigenvalue weighted by Gasteiger charge is -2.27. The van der Waals surface area contributed by atoms with Crippen LogP contribution >= 0.6 is 0 Å². The Morgan fingerprint density at radius 3 is 2.48 bits per heavy atom. The van der Waals surface area contributed by atoms with E-state index in [9.17, 15) is 18.3 Å². The molecule has 4 rings (SSSR count). The smallest absolute Gasteiger partial charge is 0.423 e. The number of fused-ring (bicyclic) bond motifs is 1. The number of pyridine rings is 1. The second-order valence-electron chi connectivity index (χ2n) is 7.06. The fourth-order valence-corrected chi connectivity index (χ4v) is 3.41. The number of aliphatic hydroxyl groups excluding tert-OH is 1. The summed E-state index contributed by atoms with van der Waals surface area (Å²) in [6, 6.07) is 1.36. The van der Waals surface area contributed by atoms with E-state index in [1.807, 2.05) is 0 Å². The molecule has 2 aromatic heterocycles. The zero-order valence-electron chi connectivity index (χ0n) is 13.7. The molecule has 0 saturated heterocycles. The predicted octanol–water partition coefficient (Wildman–Crippen LogP) is 3.38. The van der Waals surface area contributed by atoms with Crippen molar-refractivity contribution in [2.75, 3.05) is 0 Å². The largest absolute Gasteiger partial charge is 0.490 e. The van der Waals surface area contributed by atoms with E-state index < -0.39 is 11.7 Å². The number of hydrogen-bond acceptors (Lipinski definition) is 4. The monoisotopic (exact) mass is 355 g/mol. The number of alkyl halides is 3. The zero-order chi connectivity index (χ0) is 17.6. The molecular formula is C17H20F3N3O2. The van der Waals surface area contributed by atoms with Crippen LogP contribution in [0, 0.1) is 5.92 Å². The average molecular weight is 355 g/mol. The summed E-state index contributed by atoms with van der Waals surface area (Å²) in [6.45, 7) is 0. The molecule has 2 fully saturated rings. The summed E-state index contributed by atoms with van der Waals surface area (Å²) in [5, 5.41) is 17.3. The summed E-state index contributed by atoms with van der Waals surface area (Å²) in [5.41, 5.74) is -1.06. The highest BCUT2D eigenvalue weighted by molar-refractivity contribution is 5.56. The van der Waals surface area contributed by atoms with Crippen molar-refractivity contribution in [1.82, 2.24) is 14.6 Å². The number of aromatic nitrogens is 3. The van der Waals surface area contributed by atoms with Gasteiger partial charge in [-0.25, -0.2) is 0 Å². The molecule has 2 saturated carbocycles. The van der Waals surface area contributed by atoms with Gasteiger partial charge in [-0.05, 0) is 50.5 Å². The van der Waals surface area contributed by atoms with Crippen LogP contribution < -0.4 is 4.74 Å². The van der Waals surface area contributed by atoms with Crippen LogP contribution in [-0.2, 0) is 12.6 Å². The van der Waals surface area contributed by atoms with E-state index in [2.05, 4.69) is 10.2 Å². The van der Waals surface area contributed by atoms with Crippen LogP contribution in [0.25, 0.3) is 5.65 Å². The van der Waals surface area contributed by atoms with Crippen molar-refractivity contribution in [2.45, 2.75) is 63.3 Å². The molecule has 0 atom stereocenters. The molecule has 2 aliphatic rings. The molecule has 25 heavy (non-hydrogen) atoms. The molecule has 2 aromatic rings. The highest BCUT2D eigenvalue weighted by Crippen LogP contribution is 2.40. The van der Waals surface area contributed by atoms with Crippen LogP contribution in [0.4, 0.5) is 13.2 Å². The standard InChI is InChI=1S/C17H20F3N3O2/c18-17(19,20)15-13(25-12-5-3-11(24)4-6-12)7-8-23-14(9-10-1-2-10)21-22-16(15)23/h7-8,10-12,24H,1-6,9H2. The first kappa shape index (κ1) is 16.6. The Morgan fingerprint density at radius 2 is 1.84 bits per heavy atom. The summed E-state index contributed by atoms with van der Waals surface area (Å²) < 4.78 is 48.1. The van der Waals surface area contributed by atoms with Crippen LogP contribution in [0.5, 0.6) is 5.75 Å². The van der Waals surface area contributed by atoms with Crippen molar-refractivity contribution in [2.24, 2.45) is 5.92 Å². The van der Waals surface area contributed by atoms with E-state index in [-0.39, 0.29) is 23.6 Å². The van der Waals surface area contributed by atoms with Gasteiger partial charge in [-0.1, -0.05) is 0 Å². The number of halogens is 3. The van der Waals surface area contributed by atoms with Crippen molar-refractivity contribution in [3.63, 3.8) is 0 Å². The lowest BCUT2D eigenvalue weighted by Crippen LogP contribution is -2.27. The van der Waals surface area contributed by atoms with E-state index in [1.54, 1.807) is 6.20 Å². The van der Waals surface area contributed by atoms with Gasteiger partial charge in [0, 0.05) is 12.6 Å². The molecule has 0 spiro atoms. The molecule has 0 radical (unpaired) electrons. The van der Waals surface area contributed by atoms with E-state index >= 15 is 0 Å². The number of aliphatic hydroxyl groups is 1. The Hall–Kier alpha value is -1.83. The normalized spacial score (nSPS) is 24.6. The molecule has 2 heterocycles. The second kappa shape index (κ2) is 6.16. The molecular weight excluding hydrogens is 335 g/mol. The lowest BCUT2D eigenvalue weighted by atomic mass is 9.95. The molecule has 1 N–H and O–H groups in total. The Kier molecular flexibility index (Phi) is 4.10. The van der Waals surface area contributed by atoms with E-state index in [4.69, 9.17) is 4.74 Å². The molecule has 5 nitrogen and oxygen atoms in total. The van der Waals surface area contributed by atoms with Gasteiger partial charge in [-0.2, -0.15) is 13.2 Å². The summed E-state index contributed by atoms with van der Waals surface area (Å²) in [7, 11) is 0. The van der Waals surface area contributed by atoms with Gasteiger partial charge in [0.05, 0.1) is 12.2 Å². The first-order valence-electron chi connectivity index (χ1n) is 8.70. The second-order valence-corrected chi connectivity index (χ2v) is 7.06. The van der Waals surface area contributed by atoms with E-state index in [0.29, 0.717) is 43.8 Å². The molecule has 8 heteroatoms. The van der Waals surface area contributed by atoms with Crippen molar-refractivity contribution in [1.29, 1.82) is 0 Å². The third-order valence-corrected chi connectivity index (χ3v) is 5.00. The molecule has 0 bridgehead atoms. The molecule has 0 amide bonds. The highest BCUT2D eigenvalue weighted by Gasteiger charge is 2.39. The lowest BCUT2D eigenvalue weighted by molar-refractivity contribution is -0.138. The summed E-state index contributed by atoms with van der Waals surface area (Å²) in [6.07, 6.45) is 1.31. The fourth-order valence-electron chi connectivity index (χ4n) is 3.41. The number of ether oxygens (including phenoxy) is 1.